The van der Waals surface area contributed by atoms with Crippen molar-refractivity contribution in [1.29, 1.82) is 5.26 Å². The Hall–Kier alpha value is -1.28. The molecule has 1 aliphatic heterocycles. The maximum atomic E-state index is 8.86. The van der Waals surface area contributed by atoms with Crippen molar-refractivity contribution in [3.8, 4) is 6.07 Å². The maximum absolute atomic E-state index is 8.86. The van der Waals surface area contributed by atoms with Crippen molar-refractivity contribution in [3.05, 3.63) is 28.8 Å². The van der Waals surface area contributed by atoms with Gasteiger partial charge in [-0.2, -0.15) is 5.26 Å². The lowest BCUT2D eigenvalue weighted by atomic mass is 10.2. The van der Waals surface area contributed by atoms with Gasteiger partial charge in [0.2, 0.25) is 0 Å². The number of hydrogen-bond acceptors (Lipinski definition) is 4. The van der Waals surface area contributed by atoms with E-state index < -0.39 is 5.79 Å². The van der Waals surface area contributed by atoms with Crippen molar-refractivity contribution < 1.29 is 9.47 Å². The summed E-state index contributed by atoms with van der Waals surface area (Å²) in [6.07, 6.45) is 0. The van der Waals surface area contributed by atoms with E-state index in [0.29, 0.717) is 23.8 Å². The van der Waals surface area contributed by atoms with Gasteiger partial charge in [0.25, 0.3) is 0 Å². The first-order valence-electron chi connectivity index (χ1n) is 5.74. The molecule has 1 fully saturated rings. The van der Waals surface area contributed by atoms with Crippen LogP contribution in [0, 0.1) is 11.3 Å². The second-order valence-electron chi connectivity index (χ2n) is 4.67. The molecule has 0 radical (unpaired) electrons. The number of anilines is 1. The molecular weight excluding hydrogens is 252 g/mol. The molecule has 0 unspecified atom stereocenters. The number of ether oxygens (including phenoxy) is 2. The van der Waals surface area contributed by atoms with Crippen LogP contribution < -0.4 is 5.32 Å². The summed E-state index contributed by atoms with van der Waals surface area (Å²) in [6, 6.07) is 7.23. The number of rotatable bonds is 2. The summed E-state index contributed by atoms with van der Waals surface area (Å²) in [4.78, 5) is 0. The SMILES string of the molecule is CC1(C)OCC(Nc2cc(C#N)ccc2Cl)CO1. The van der Waals surface area contributed by atoms with E-state index in [-0.39, 0.29) is 6.04 Å². The highest BCUT2D eigenvalue weighted by Crippen LogP contribution is 2.25. The van der Waals surface area contributed by atoms with Crippen LogP contribution in [0.1, 0.15) is 19.4 Å². The van der Waals surface area contributed by atoms with Crippen molar-refractivity contribution in [2.45, 2.75) is 25.7 Å². The van der Waals surface area contributed by atoms with Gasteiger partial charge in [0, 0.05) is 0 Å². The van der Waals surface area contributed by atoms with E-state index >= 15 is 0 Å². The van der Waals surface area contributed by atoms with Gasteiger partial charge in [-0.25, -0.2) is 0 Å². The van der Waals surface area contributed by atoms with Gasteiger partial charge in [-0.3, -0.25) is 0 Å². The number of nitrogens with zero attached hydrogens (tertiary/aromatic N) is 1. The van der Waals surface area contributed by atoms with E-state index in [9.17, 15) is 0 Å². The number of halogens is 1. The van der Waals surface area contributed by atoms with Gasteiger partial charge in [-0.05, 0) is 32.0 Å². The quantitative estimate of drug-likeness (QED) is 0.894. The van der Waals surface area contributed by atoms with Crippen molar-refractivity contribution in [2.75, 3.05) is 18.5 Å². The first-order chi connectivity index (χ1) is 8.50. The summed E-state index contributed by atoms with van der Waals surface area (Å²) in [5, 5.41) is 12.7. The molecule has 0 spiro atoms. The topological polar surface area (TPSA) is 54.3 Å². The van der Waals surface area contributed by atoms with E-state index in [1.54, 1.807) is 18.2 Å². The van der Waals surface area contributed by atoms with Gasteiger partial charge in [-0.15, -0.1) is 0 Å². The minimum absolute atomic E-state index is 0.0319. The summed E-state index contributed by atoms with van der Waals surface area (Å²) < 4.78 is 11.1. The van der Waals surface area contributed by atoms with Gasteiger partial charge in [-0.1, -0.05) is 11.6 Å². The highest BCUT2D eigenvalue weighted by molar-refractivity contribution is 6.33. The lowest BCUT2D eigenvalue weighted by molar-refractivity contribution is -0.247. The highest BCUT2D eigenvalue weighted by Gasteiger charge is 2.28. The van der Waals surface area contributed by atoms with Crippen molar-refractivity contribution in [1.82, 2.24) is 0 Å². The third-order valence-corrected chi connectivity index (χ3v) is 3.05. The molecule has 1 N–H and O–H groups in total. The molecule has 1 aromatic rings. The lowest BCUT2D eigenvalue weighted by Crippen LogP contribution is -2.45. The Bertz CT molecular complexity index is 472. The molecule has 1 aromatic carbocycles. The Labute approximate surface area is 111 Å². The highest BCUT2D eigenvalue weighted by atomic mass is 35.5. The minimum atomic E-state index is -0.531. The summed E-state index contributed by atoms with van der Waals surface area (Å²) >= 11 is 6.07. The predicted octanol–water partition coefficient (Wildman–Crippen LogP) is 2.78. The van der Waals surface area contributed by atoms with E-state index in [1.807, 2.05) is 13.8 Å². The van der Waals surface area contributed by atoms with Crippen molar-refractivity contribution in [2.24, 2.45) is 0 Å². The molecule has 2 rings (SSSR count). The molecular formula is C13H15ClN2O2. The molecule has 0 bridgehead atoms. The van der Waals surface area contributed by atoms with Crippen molar-refractivity contribution in [3.63, 3.8) is 0 Å². The van der Waals surface area contributed by atoms with Crippen LogP contribution in [0.25, 0.3) is 0 Å². The molecule has 18 heavy (non-hydrogen) atoms. The maximum Gasteiger partial charge on any atom is 0.162 e. The monoisotopic (exact) mass is 266 g/mol. The first-order valence-corrected chi connectivity index (χ1v) is 6.12. The zero-order valence-corrected chi connectivity index (χ0v) is 11.1. The fourth-order valence-corrected chi connectivity index (χ4v) is 1.87. The van der Waals surface area contributed by atoms with Crippen LogP contribution in [-0.4, -0.2) is 25.0 Å². The minimum Gasteiger partial charge on any atom is -0.376 e. The van der Waals surface area contributed by atoms with E-state index in [2.05, 4.69) is 11.4 Å². The average Bonchev–Trinajstić information content (AvgIpc) is 2.34. The van der Waals surface area contributed by atoms with Crippen LogP contribution >= 0.6 is 11.6 Å². The Morgan fingerprint density at radius 1 is 1.39 bits per heavy atom. The van der Waals surface area contributed by atoms with E-state index in [1.165, 1.54) is 0 Å². The summed E-state index contributed by atoms with van der Waals surface area (Å²) in [6.45, 7) is 4.85. The molecule has 0 aromatic heterocycles. The molecule has 1 saturated heterocycles. The number of hydrogen-bond donors (Lipinski definition) is 1. The largest absolute Gasteiger partial charge is 0.376 e. The summed E-state index contributed by atoms with van der Waals surface area (Å²) in [5.41, 5.74) is 1.30. The summed E-state index contributed by atoms with van der Waals surface area (Å²) in [5.74, 6) is -0.531. The van der Waals surface area contributed by atoms with Gasteiger partial charge in [0.05, 0.1) is 41.6 Å². The number of nitriles is 1. The van der Waals surface area contributed by atoms with Crippen LogP contribution in [0.2, 0.25) is 5.02 Å². The van der Waals surface area contributed by atoms with Crippen molar-refractivity contribution >= 4 is 17.3 Å². The second kappa shape index (κ2) is 5.15. The van der Waals surface area contributed by atoms with Crippen LogP contribution in [0.5, 0.6) is 0 Å². The van der Waals surface area contributed by atoms with E-state index in [4.69, 9.17) is 26.3 Å². The average molecular weight is 267 g/mol. The molecule has 5 heteroatoms. The predicted molar refractivity (Wildman–Crippen MR) is 69.6 cm³/mol. The van der Waals surface area contributed by atoms with Gasteiger partial charge < -0.3 is 14.8 Å². The zero-order valence-electron chi connectivity index (χ0n) is 10.4. The van der Waals surface area contributed by atoms with E-state index in [0.717, 1.165) is 5.69 Å². The fourth-order valence-electron chi connectivity index (χ4n) is 1.70. The zero-order chi connectivity index (χ0) is 13.2. The van der Waals surface area contributed by atoms with Crippen LogP contribution in [-0.2, 0) is 9.47 Å². The molecule has 1 aliphatic rings. The Kier molecular flexibility index (Phi) is 3.76. The van der Waals surface area contributed by atoms with Crippen LogP contribution in [0.4, 0.5) is 5.69 Å². The number of nitrogens with one attached hydrogen (secondary N) is 1. The van der Waals surface area contributed by atoms with Gasteiger partial charge in [0.15, 0.2) is 5.79 Å². The molecule has 0 aliphatic carbocycles. The second-order valence-corrected chi connectivity index (χ2v) is 5.08. The normalized spacial score (nSPS) is 19.2. The van der Waals surface area contributed by atoms with Crippen LogP contribution in [0.3, 0.4) is 0 Å². The Balaban J connectivity index is 2.04. The molecule has 0 amide bonds. The molecule has 4 nitrogen and oxygen atoms in total. The molecule has 0 saturated carbocycles. The number of benzene rings is 1. The Morgan fingerprint density at radius 3 is 2.67 bits per heavy atom. The molecule has 96 valence electrons. The molecule has 0 atom stereocenters. The summed E-state index contributed by atoms with van der Waals surface area (Å²) in [7, 11) is 0. The fraction of sp³-hybridized carbons (Fsp3) is 0.462. The first kappa shape index (κ1) is 13.2. The third-order valence-electron chi connectivity index (χ3n) is 2.72. The van der Waals surface area contributed by atoms with Crippen LogP contribution in [0.15, 0.2) is 18.2 Å². The van der Waals surface area contributed by atoms with Gasteiger partial charge in [0.1, 0.15) is 0 Å². The van der Waals surface area contributed by atoms with Gasteiger partial charge >= 0.3 is 0 Å². The third kappa shape index (κ3) is 3.14. The molecule has 1 heterocycles. The smallest absolute Gasteiger partial charge is 0.162 e. The Morgan fingerprint density at radius 2 is 2.06 bits per heavy atom. The standard InChI is InChI=1S/C13H15ClN2O2/c1-13(2)17-7-10(8-18-13)16-12-5-9(6-15)3-4-11(12)14/h3-5,10,16H,7-8H2,1-2H3. The lowest BCUT2D eigenvalue weighted by Gasteiger charge is -2.35.